The molecule has 2 unspecified atom stereocenters. The molecule has 2 rings (SSSR count). The maximum atomic E-state index is 9.43. The van der Waals surface area contributed by atoms with Crippen molar-refractivity contribution in [3.05, 3.63) is 24.3 Å². The summed E-state index contributed by atoms with van der Waals surface area (Å²) in [6, 6.07) is 0.401. The lowest BCUT2D eigenvalue weighted by Crippen LogP contribution is -2.41. The Balaban J connectivity index is 1.91. The van der Waals surface area contributed by atoms with Crippen LogP contribution in [0.5, 0.6) is 0 Å². The molecule has 0 spiro atoms. The molecular formula is C12H19N3O. The standard InChI is InChI=1S/C12H19N3O/c1-12(8-16)4-2-3-11(12)15-7-10-5-13-9-14-6-10/h5-6,9,11,15-16H,2-4,7-8H2,1H3. The molecule has 1 aliphatic rings. The molecule has 0 amide bonds. The van der Waals surface area contributed by atoms with Crippen molar-refractivity contribution in [3.63, 3.8) is 0 Å². The van der Waals surface area contributed by atoms with Crippen LogP contribution in [0.4, 0.5) is 0 Å². The smallest absolute Gasteiger partial charge is 0.115 e. The maximum absolute atomic E-state index is 9.43. The maximum Gasteiger partial charge on any atom is 0.115 e. The zero-order valence-electron chi connectivity index (χ0n) is 9.69. The van der Waals surface area contributed by atoms with Gasteiger partial charge >= 0.3 is 0 Å². The molecule has 1 saturated carbocycles. The summed E-state index contributed by atoms with van der Waals surface area (Å²) in [4.78, 5) is 7.97. The van der Waals surface area contributed by atoms with Gasteiger partial charge in [-0.05, 0) is 12.8 Å². The lowest BCUT2D eigenvalue weighted by Gasteiger charge is -2.30. The Morgan fingerprint density at radius 3 is 2.94 bits per heavy atom. The molecule has 2 atom stereocenters. The second-order valence-corrected chi connectivity index (χ2v) is 4.88. The minimum atomic E-state index is 0.0373. The van der Waals surface area contributed by atoms with Gasteiger partial charge in [0.25, 0.3) is 0 Å². The number of aliphatic hydroxyl groups is 1. The molecule has 1 heterocycles. The average Bonchev–Trinajstić information content (AvgIpc) is 2.70. The highest BCUT2D eigenvalue weighted by Crippen LogP contribution is 2.37. The van der Waals surface area contributed by atoms with Gasteiger partial charge in [-0.25, -0.2) is 9.97 Å². The van der Waals surface area contributed by atoms with E-state index in [0.717, 1.165) is 24.9 Å². The number of aromatic nitrogens is 2. The van der Waals surface area contributed by atoms with E-state index < -0.39 is 0 Å². The first-order valence-electron chi connectivity index (χ1n) is 5.83. The van der Waals surface area contributed by atoms with Crippen LogP contribution in [0, 0.1) is 5.41 Å². The van der Waals surface area contributed by atoms with Crippen LogP contribution < -0.4 is 5.32 Å². The van der Waals surface area contributed by atoms with E-state index in [9.17, 15) is 5.11 Å². The molecular weight excluding hydrogens is 202 g/mol. The number of hydrogen-bond acceptors (Lipinski definition) is 4. The Bertz CT molecular complexity index is 330. The van der Waals surface area contributed by atoms with Crippen LogP contribution >= 0.6 is 0 Å². The molecule has 0 aromatic carbocycles. The second-order valence-electron chi connectivity index (χ2n) is 4.88. The molecule has 1 aliphatic carbocycles. The van der Waals surface area contributed by atoms with E-state index in [1.807, 2.05) is 12.4 Å². The van der Waals surface area contributed by atoms with Crippen molar-refractivity contribution in [3.8, 4) is 0 Å². The molecule has 16 heavy (non-hydrogen) atoms. The Morgan fingerprint density at radius 2 is 2.25 bits per heavy atom. The van der Waals surface area contributed by atoms with Crippen LogP contribution in [0.3, 0.4) is 0 Å². The molecule has 2 N–H and O–H groups in total. The third kappa shape index (κ3) is 2.39. The summed E-state index contributed by atoms with van der Waals surface area (Å²) in [7, 11) is 0. The number of nitrogens with zero attached hydrogens (tertiary/aromatic N) is 2. The Hall–Kier alpha value is -1.00. The van der Waals surface area contributed by atoms with Gasteiger partial charge < -0.3 is 10.4 Å². The first-order valence-corrected chi connectivity index (χ1v) is 5.83. The SMILES string of the molecule is CC1(CO)CCCC1NCc1cncnc1. The van der Waals surface area contributed by atoms with Gasteiger partial charge in [-0.2, -0.15) is 0 Å². The Kier molecular flexibility index (Phi) is 3.51. The van der Waals surface area contributed by atoms with E-state index in [1.165, 1.54) is 12.7 Å². The van der Waals surface area contributed by atoms with Gasteiger partial charge in [0, 0.05) is 42.6 Å². The molecule has 1 aromatic rings. The van der Waals surface area contributed by atoms with Crippen molar-refractivity contribution in [2.24, 2.45) is 5.41 Å². The largest absolute Gasteiger partial charge is 0.396 e. The Morgan fingerprint density at radius 1 is 1.50 bits per heavy atom. The van der Waals surface area contributed by atoms with Crippen LogP contribution in [0.1, 0.15) is 31.7 Å². The van der Waals surface area contributed by atoms with Crippen LogP contribution in [0.15, 0.2) is 18.7 Å². The molecule has 4 nitrogen and oxygen atoms in total. The van der Waals surface area contributed by atoms with Gasteiger partial charge in [-0.1, -0.05) is 13.3 Å². The van der Waals surface area contributed by atoms with Gasteiger partial charge in [-0.3, -0.25) is 0 Å². The van der Waals surface area contributed by atoms with Crippen molar-refractivity contribution in [1.29, 1.82) is 0 Å². The molecule has 0 bridgehead atoms. The summed E-state index contributed by atoms with van der Waals surface area (Å²) >= 11 is 0. The van der Waals surface area contributed by atoms with Crippen LogP contribution in [0.2, 0.25) is 0 Å². The molecule has 0 aliphatic heterocycles. The molecule has 1 aromatic heterocycles. The molecule has 0 saturated heterocycles. The van der Waals surface area contributed by atoms with Gasteiger partial charge in [0.1, 0.15) is 6.33 Å². The number of rotatable bonds is 4. The monoisotopic (exact) mass is 221 g/mol. The second kappa shape index (κ2) is 4.89. The van der Waals surface area contributed by atoms with E-state index in [4.69, 9.17) is 0 Å². The predicted molar refractivity (Wildman–Crippen MR) is 61.7 cm³/mol. The van der Waals surface area contributed by atoms with Gasteiger partial charge in [0.2, 0.25) is 0 Å². The fraction of sp³-hybridized carbons (Fsp3) is 0.667. The van der Waals surface area contributed by atoms with Crippen molar-refractivity contribution in [2.45, 2.75) is 38.8 Å². The highest BCUT2D eigenvalue weighted by atomic mass is 16.3. The first-order chi connectivity index (χ1) is 7.74. The fourth-order valence-corrected chi connectivity index (χ4v) is 2.43. The summed E-state index contributed by atoms with van der Waals surface area (Å²) in [5, 5.41) is 12.9. The summed E-state index contributed by atoms with van der Waals surface area (Å²) in [5.41, 5.74) is 1.13. The highest BCUT2D eigenvalue weighted by Gasteiger charge is 2.37. The van der Waals surface area contributed by atoms with Crippen molar-refractivity contribution in [1.82, 2.24) is 15.3 Å². The molecule has 88 valence electrons. The van der Waals surface area contributed by atoms with Gasteiger partial charge in [0.05, 0.1) is 0 Å². The predicted octanol–water partition coefficient (Wildman–Crippen LogP) is 1.12. The van der Waals surface area contributed by atoms with Crippen molar-refractivity contribution >= 4 is 0 Å². The van der Waals surface area contributed by atoms with Gasteiger partial charge in [0.15, 0.2) is 0 Å². The molecule has 1 fully saturated rings. The zero-order chi connectivity index (χ0) is 11.4. The minimum absolute atomic E-state index is 0.0373. The first kappa shape index (κ1) is 11.5. The van der Waals surface area contributed by atoms with E-state index in [2.05, 4.69) is 22.2 Å². The minimum Gasteiger partial charge on any atom is -0.396 e. The number of aliphatic hydroxyl groups excluding tert-OH is 1. The average molecular weight is 221 g/mol. The fourth-order valence-electron chi connectivity index (χ4n) is 2.43. The van der Waals surface area contributed by atoms with E-state index in [-0.39, 0.29) is 12.0 Å². The number of hydrogen-bond donors (Lipinski definition) is 2. The summed E-state index contributed by atoms with van der Waals surface area (Å²) in [5.74, 6) is 0. The quantitative estimate of drug-likeness (QED) is 0.800. The van der Waals surface area contributed by atoms with E-state index in [1.54, 1.807) is 0 Å². The van der Waals surface area contributed by atoms with Crippen molar-refractivity contribution < 1.29 is 5.11 Å². The summed E-state index contributed by atoms with van der Waals surface area (Å²) in [6.07, 6.45) is 8.63. The lowest BCUT2D eigenvalue weighted by molar-refractivity contribution is 0.118. The molecule has 0 radical (unpaired) electrons. The third-order valence-corrected chi connectivity index (χ3v) is 3.61. The molecule has 4 heteroatoms. The van der Waals surface area contributed by atoms with Crippen LogP contribution in [-0.4, -0.2) is 27.7 Å². The van der Waals surface area contributed by atoms with Crippen LogP contribution in [0.25, 0.3) is 0 Å². The topological polar surface area (TPSA) is 58.0 Å². The highest BCUT2D eigenvalue weighted by molar-refractivity contribution is 5.03. The van der Waals surface area contributed by atoms with E-state index in [0.29, 0.717) is 6.04 Å². The third-order valence-electron chi connectivity index (χ3n) is 3.61. The Labute approximate surface area is 96.1 Å². The van der Waals surface area contributed by atoms with Crippen LogP contribution in [-0.2, 0) is 6.54 Å². The normalized spacial score (nSPS) is 29.5. The summed E-state index contributed by atoms with van der Waals surface area (Å²) < 4.78 is 0. The lowest BCUT2D eigenvalue weighted by atomic mass is 9.86. The van der Waals surface area contributed by atoms with Crippen molar-refractivity contribution in [2.75, 3.05) is 6.61 Å². The van der Waals surface area contributed by atoms with Gasteiger partial charge in [-0.15, -0.1) is 0 Å². The zero-order valence-corrected chi connectivity index (χ0v) is 9.69. The summed E-state index contributed by atoms with van der Waals surface area (Å²) in [6.45, 7) is 3.19. The number of nitrogens with one attached hydrogen (secondary N) is 1. The van der Waals surface area contributed by atoms with E-state index >= 15 is 0 Å².